The van der Waals surface area contributed by atoms with Crippen LogP contribution in [0.1, 0.15) is 28.3 Å². The van der Waals surface area contributed by atoms with E-state index >= 15 is 4.39 Å². The molecule has 5 heteroatoms. The van der Waals surface area contributed by atoms with Gasteiger partial charge in [-0.2, -0.15) is 0 Å². The van der Waals surface area contributed by atoms with Crippen molar-refractivity contribution in [3.05, 3.63) is 100 Å². The first kappa shape index (κ1) is 21.1. The van der Waals surface area contributed by atoms with Gasteiger partial charge in [0, 0.05) is 7.11 Å². The third-order valence-electron chi connectivity index (χ3n) is 5.76. The van der Waals surface area contributed by atoms with Crippen molar-refractivity contribution in [2.45, 2.75) is 32.9 Å². The third kappa shape index (κ3) is 4.32. The Morgan fingerprint density at radius 1 is 0.903 bits per heavy atom. The van der Waals surface area contributed by atoms with Crippen LogP contribution in [0.25, 0.3) is 11.0 Å². The van der Waals surface area contributed by atoms with Gasteiger partial charge in [0.05, 0.1) is 24.7 Å². The maximum Gasteiger partial charge on any atom is 0.203 e. The van der Waals surface area contributed by atoms with Gasteiger partial charge >= 0.3 is 0 Å². The molecule has 0 unspecified atom stereocenters. The van der Waals surface area contributed by atoms with E-state index in [1.54, 1.807) is 17.7 Å². The molecule has 31 heavy (non-hydrogen) atoms. The Kier molecular flexibility index (Phi) is 6.05. The van der Waals surface area contributed by atoms with Crippen LogP contribution in [0.3, 0.4) is 0 Å². The van der Waals surface area contributed by atoms with E-state index < -0.39 is 0 Å². The van der Waals surface area contributed by atoms with Gasteiger partial charge in [0.2, 0.25) is 5.62 Å². The first-order valence-electron chi connectivity index (χ1n) is 10.5. The second kappa shape index (κ2) is 8.90. The monoisotopic (exact) mass is 417 g/mol. The smallest absolute Gasteiger partial charge is 0.203 e. The summed E-state index contributed by atoms with van der Waals surface area (Å²) >= 11 is 0. The molecule has 0 aliphatic carbocycles. The molecule has 0 amide bonds. The number of nitrogens with zero attached hydrogens (tertiary/aromatic N) is 2. The molecule has 0 radical (unpaired) electrons. The molecule has 4 nitrogen and oxygen atoms in total. The lowest BCUT2D eigenvalue weighted by molar-refractivity contribution is 0.154. The van der Waals surface area contributed by atoms with E-state index in [-0.39, 0.29) is 17.5 Å². The van der Waals surface area contributed by atoms with Gasteiger partial charge in [0.1, 0.15) is 11.3 Å². The minimum absolute atomic E-state index is 0.195. The van der Waals surface area contributed by atoms with Gasteiger partial charge in [0.25, 0.3) is 0 Å². The van der Waals surface area contributed by atoms with Crippen molar-refractivity contribution in [3.8, 4) is 0 Å². The number of halogens is 1. The minimum atomic E-state index is -0.321. The summed E-state index contributed by atoms with van der Waals surface area (Å²) in [5.74, 6) is -0.321. The van der Waals surface area contributed by atoms with Gasteiger partial charge in [-0.1, -0.05) is 65.7 Å². The van der Waals surface area contributed by atoms with Gasteiger partial charge in [-0.15, -0.1) is 0 Å². The molecule has 1 heterocycles. The van der Waals surface area contributed by atoms with Crippen LogP contribution in [0.2, 0.25) is 0 Å². The van der Waals surface area contributed by atoms with Crippen molar-refractivity contribution in [1.29, 1.82) is 5.41 Å². The molecule has 0 spiro atoms. The fourth-order valence-corrected chi connectivity index (χ4v) is 4.12. The molecule has 0 aliphatic heterocycles. The highest BCUT2D eigenvalue weighted by Crippen LogP contribution is 2.24. The van der Waals surface area contributed by atoms with Gasteiger partial charge < -0.3 is 13.9 Å². The van der Waals surface area contributed by atoms with Gasteiger partial charge in [-0.05, 0) is 43.5 Å². The molecule has 1 N–H and O–H groups in total. The zero-order valence-corrected chi connectivity index (χ0v) is 18.2. The maximum atomic E-state index is 15.1. The molecule has 0 bridgehead atoms. The molecular weight excluding hydrogens is 389 g/mol. The quantitative estimate of drug-likeness (QED) is 0.444. The Balaban J connectivity index is 1.83. The lowest BCUT2D eigenvalue weighted by Crippen LogP contribution is -2.31. The highest BCUT2D eigenvalue weighted by atomic mass is 19.1. The van der Waals surface area contributed by atoms with Crippen LogP contribution in [0.4, 0.5) is 4.39 Å². The molecule has 0 fully saturated rings. The molecular formula is C26H28FN3O. The highest BCUT2D eigenvalue weighted by molar-refractivity contribution is 5.77. The molecule has 1 atom stereocenters. The van der Waals surface area contributed by atoms with Crippen molar-refractivity contribution >= 4 is 11.0 Å². The summed E-state index contributed by atoms with van der Waals surface area (Å²) in [7, 11) is 1.65. The SMILES string of the molecule is COC[C@H](Cc1ccc(C)cc1)n1c(=N)n(Cc2ccc(C)cc2)c2cccc(F)c21. The van der Waals surface area contributed by atoms with Crippen LogP contribution < -0.4 is 5.62 Å². The molecule has 3 aromatic carbocycles. The second-order valence-electron chi connectivity index (χ2n) is 8.17. The summed E-state index contributed by atoms with van der Waals surface area (Å²) < 4.78 is 24.2. The number of aryl methyl sites for hydroxylation is 2. The highest BCUT2D eigenvalue weighted by Gasteiger charge is 2.22. The summed E-state index contributed by atoms with van der Waals surface area (Å²) in [5, 5.41) is 8.98. The summed E-state index contributed by atoms with van der Waals surface area (Å²) in [5.41, 5.74) is 6.04. The number of imidazole rings is 1. The van der Waals surface area contributed by atoms with E-state index in [0.29, 0.717) is 25.1 Å². The Bertz CT molecular complexity index is 1240. The normalized spacial score (nSPS) is 12.4. The van der Waals surface area contributed by atoms with Crippen LogP contribution in [-0.2, 0) is 17.7 Å². The molecule has 160 valence electrons. The van der Waals surface area contributed by atoms with E-state index in [4.69, 9.17) is 10.1 Å². The zero-order valence-electron chi connectivity index (χ0n) is 18.2. The molecule has 4 rings (SSSR count). The number of rotatable bonds is 7. The van der Waals surface area contributed by atoms with Crippen molar-refractivity contribution in [2.24, 2.45) is 0 Å². The second-order valence-corrected chi connectivity index (χ2v) is 8.17. The topological polar surface area (TPSA) is 42.9 Å². The predicted octanol–water partition coefficient (Wildman–Crippen LogP) is 5.16. The summed E-state index contributed by atoms with van der Waals surface area (Å²) in [6.45, 7) is 5.01. The van der Waals surface area contributed by atoms with Gasteiger partial charge in [-0.25, -0.2) is 4.39 Å². The van der Waals surface area contributed by atoms with E-state index in [9.17, 15) is 0 Å². The summed E-state index contributed by atoms with van der Waals surface area (Å²) in [6.07, 6.45) is 0.655. The fraction of sp³-hybridized carbons (Fsp3) is 0.269. The predicted molar refractivity (Wildman–Crippen MR) is 122 cm³/mol. The zero-order chi connectivity index (χ0) is 22.0. The molecule has 1 aromatic heterocycles. The van der Waals surface area contributed by atoms with Crippen LogP contribution in [0.15, 0.2) is 66.7 Å². The molecule has 0 aliphatic rings. The third-order valence-corrected chi connectivity index (χ3v) is 5.76. The van der Waals surface area contributed by atoms with Crippen LogP contribution in [0, 0.1) is 25.1 Å². The molecule has 4 aromatic rings. The number of nitrogens with one attached hydrogen (secondary N) is 1. The number of ether oxygens (including phenoxy) is 1. The van der Waals surface area contributed by atoms with Crippen molar-refractivity contribution < 1.29 is 9.13 Å². The summed E-state index contributed by atoms with van der Waals surface area (Å²) in [6, 6.07) is 21.4. The Morgan fingerprint density at radius 2 is 1.52 bits per heavy atom. The number of hydrogen-bond acceptors (Lipinski definition) is 2. The maximum absolute atomic E-state index is 15.1. The van der Waals surface area contributed by atoms with Crippen LogP contribution in [0.5, 0.6) is 0 Å². The lowest BCUT2D eigenvalue weighted by Gasteiger charge is -2.19. The molecule has 0 saturated heterocycles. The fourth-order valence-electron chi connectivity index (χ4n) is 4.12. The number of benzene rings is 3. The van der Waals surface area contributed by atoms with Gasteiger partial charge in [0.15, 0.2) is 0 Å². The number of methoxy groups -OCH3 is 1. The average Bonchev–Trinajstić information content (AvgIpc) is 3.04. The number of fused-ring (bicyclic) bond motifs is 1. The Morgan fingerprint density at radius 3 is 2.13 bits per heavy atom. The lowest BCUT2D eigenvalue weighted by atomic mass is 10.0. The van der Waals surface area contributed by atoms with E-state index in [1.807, 2.05) is 10.6 Å². The van der Waals surface area contributed by atoms with Gasteiger partial charge in [-0.3, -0.25) is 5.41 Å². The van der Waals surface area contributed by atoms with Crippen LogP contribution >= 0.6 is 0 Å². The van der Waals surface area contributed by atoms with E-state index in [2.05, 4.69) is 62.4 Å². The Labute approximate surface area is 182 Å². The van der Waals surface area contributed by atoms with Crippen LogP contribution in [-0.4, -0.2) is 22.9 Å². The Hall–Kier alpha value is -3.18. The minimum Gasteiger partial charge on any atom is -0.383 e. The first-order valence-corrected chi connectivity index (χ1v) is 10.5. The number of hydrogen-bond donors (Lipinski definition) is 1. The van der Waals surface area contributed by atoms with E-state index in [0.717, 1.165) is 16.6 Å². The number of aromatic nitrogens is 2. The van der Waals surface area contributed by atoms with Crippen molar-refractivity contribution in [1.82, 2.24) is 9.13 Å². The summed E-state index contributed by atoms with van der Waals surface area (Å²) in [4.78, 5) is 0. The average molecular weight is 418 g/mol. The first-order chi connectivity index (χ1) is 15.0. The molecule has 0 saturated carbocycles. The number of para-hydroxylation sites is 1. The standard InChI is InChI=1S/C26H28FN3O/c1-18-7-11-20(12-8-18)15-22(17-31-3)30-25-23(27)5-4-6-24(25)29(26(30)28)16-21-13-9-19(2)10-14-21/h4-14,22,28H,15-17H2,1-3H3/t22-/m0/s1. The largest absolute Gasteiger partial charge is 0.383 e. The van der Waals surface area contributed by atoms with Crippen molar-refractivity contribution in [3.63, 3.8) is 0 Å². The van der Waals surface area contributed by atoms with Crippen molar-refractivity contribution in [2.75, 3.05) is 13.7 Å². The van der Waals surface area contributed by atoms with E-state index in [1.165, 1.54) is 17.2 Å².